The predicted octanol–water partition coefficient (Wildman–Crippen LogP) is 1.40. The fourth-order valence-corrected chi connectivity index (χ4v) is 2.91. The first kappa shape index (κ1) is 15.4. The van der Waals surface area contributed by atoms with E-state index in [1.165, 1.54) is 0 Å². The molecule has 20 heavy (non-hydrogen) atoms. The van der Waals surface area contributed by atoms with Gasteiger partial charge >= 0.3 is 0 Å². The topological polar surface area (TPSA) is 58.5 Å². The van der Waals surface area contributed by atoms with E-state index in [-0.39, 0.29) is 12.0 Å². The molecule has 1 aliphatic rings. The molecule has 0 radical (unpaired) electrons. The first-order valence-corrected chi connectivity index (χ1v) is 7.27. The number of hydrogen-bond donors (Lipinski definition) is 1. The van der Waals surface area contributed by atoms with Crippen molar-refractivity contribution in [2.75, 3.05) is 33.4 Å². The number of aliphatic hydroxyl groups excluding tert-OH is 1. The number of aliphatic hydroxyl groups is 1. The highest BCUT2D eigenvalue weighted by Crippen LogP contribution is 2.33. The van der Waals surface area contributed by atoms with E-state index in [0.29, 0.717) is 6.61 Å². The summed E-state index contributed by atoms with van der Waals surface area (Å²) in [6.45, 7) is 5.65. The van der Waals surface area contributed by atoms with Gasteiger partial charge < -0.3 is 9.84 Å². The molecule has 2 heterocycles. The molecule has 1 N–H and O–H groups in total. The Kier molecular flexibility index (Phi) is 5.46. The van der Waals surface area contributed by atoms with Gasteiger partial charge in [-0.25, -0.2) is 0 Å². The molecule has 0 bridgehead atoms. The Morgan fingerprint density at radius 2 is 2.25 bits per heavy atom. The lowest BCUT2D eigenvalue weighted by Gasteiger charge is -2.41. The largest absolute Gasteiger partial charge is 0.396 e. The molecule has 1 saturated heterocycles. The second-order valence-electron chi connectivity index (χ2n) is 5.86. The maximum absolute atomic E-state index is 9.78. The van der Waals surface area contributed by atoms with Crippen molar-refractivity contribution in [3.8, 4) is 0 Å². The van der Waals surface area contributed by atoms with Crippen molar-refractivity contribution in [1.82, 2.24) is 14.9 Å². The van der Waals surface area contributed by atoms with Crippen LogP contribution in [0.1, 0.15) is 30.7 Å². The first-order chi connectivity index (χ1) is 9.67. The lowest BCUT2D eigenvalue weighted by Crippen LogP contribution is -2.45. The molecule has 2 rings (SSSR count). The SMILES string of the molecule is COCC[C@@]1(CO)CCCN(Cc2cnc(C)cn2)C1. The maximum Gasteiger partial charge on any atom is 0.0727 e. The van der Waals surface area contributed by atoms with Crippen molar-refractivity contribution >= 4 is 0 Å². The number of methoxy groups -OCH3 is 1. The zero-order valence-corrected chi connectivity index (χ0v) is 12.5. The van der Waals surface area contributed by atoms with Crippen LogP contribution in [-0.2, 0) is 11.3 Å². The lowest BCUT2D eigenvalue weighted by atomic mass is 9.78. The summed E-state index contributed by atoms with van der Waals surface area (Å²) in [5.41, 5.74) is 1.92. The summed E-state index contributed by atoms with van der Waals surface area (Å²) >= 11 is 0. The minimum absolute atomic E-state index is 0.0214. The van der Waals surface area contributed by atoms with Crippen LogP contribution in [0.3, 0.4) is 0 Å². The van der Waals surface area contributed by atoms with Gasteiger partial charge in [-0.05, 0) is 32.7 Å². The average Bonchev–Trinajstić information content (AvgIpc) is 2.48. The summed E-state index contributed by atoms with van der Waals surface area (Å²) in [5, 5.41) is 9.78. The van der Waals surface area contributed by atoms with Crippen LogP contribution >= 0.6 is 0 Å². The Hall–Kier alpha value is -1.04. The molecule has 1 fully saturated rings. The Morgan fingerprint density at radius 3 is 2.90 bits per heavy atom. The highest BCUT2D eigenvalue weighted by atomic mass is 16.5. The Bertz CT molecular complexity index is 410. The van der Waals surface area contributed by atoms with Gasteiger partial charge in [0.2, 0.25) is 0 Å². The summed E-state index contributed by atoms with van der Waals surface area (Å²) in [5.74, 6) is 0. The highest BCUT2D eigenvalue weighted by molar-refractivity contribution is 5.01. The number of hydrogen-bond acceptors (Lipinski definition) is 5. The van der Waals surface area contributed by atoms with E-state index >= 15 is 0 Å². The standard InChI is InChI=1S/C15H25N3O2/c1-13-8-17-14(9-16-13)10-18-6-3-4-15(11-18,12-19)5-7-20-2/h8-9,19H,3-7,10-12H2,1-2H3/t15-/m0/s1. The number of piperidine rings is 1. The average molecular weight is 279 g/mol. The maximum atomic E-state index is 9.78. The molecule has 1 aliphatic heterocycles. The smallest absolute Gasteiger partial charge is 0.0727 e. The number of rotatable bonds is 6. The van der Waals surface area contributed by atoms with Crippen LogP contribution in [0.4, 0.5) is 0 Å². The summed E-state index contributed by atoms with van der Waals surface area (Å²) < 4.78 is 5.19. The van der Waals surface area contributed by atoms with Gasteiger partial charge in [-0.15, -0.1) is 0 Å². The third-order valence-corrected chi connectivity index (χ3v) is 4.13. The minimum Gasteiger partial charge on any atom is -0.396 e. The monoisotopic (exact) mass is 279 g/mol. The molecule has 0 saturated carbocycles. The molecule has 5 nitrogen and oxygen atoms in total. The number of likely N-dealkylation sites (tertiary alicyclic amines) is 1. The van der Waals surface area contributed by atoms with Gasteiger partial charge in [0.05, 0.1) is 18.0 Å². The van der Waals surface area contributed by atoms with Gasteiger partial charge in [-0.3, -0.25) is 14.9 Å². The van der Waals surface area contributed by atoms with E-state index in [2.05, 4.69) is 14.9 Å². The van der Waals surface area contributed by atoms with Crippen molar-refractivity contribution < 1.29 is 9.84 Å². The number of aryl methyl sites for hydroxylation is 1. The van der Waals surface area contributed by atoms with E-state index in [4.69, 9.17) is 4.74 Å². The van der Waals surface area contributed by atoms with Gasteiger partial charge in [-0.2, -0.15) is 0 Å². The molecule has 1 aromatic heterocycles. The van der Waals surface area contributed by atoms with Crippen LogP contribution in [0.15, 0.2) is 12.4 Å². The van der Waals surface area contributed by atoms with Crippen LogP contribution in [0.2, 0.25) is 0 Å². The van der Waals surface area contributed by atoms with E-state index in [1.807, 2.05) is 19.3 Å². The van der Waals surface area contributed by atoms with E-state index in [9.17, 15) is 5.11 Å². The molecule has 0 amide bonds. The Labute approximate surface area is 121 Å². The number of nitrogens with zero attached hydrogens (tertiary/aromatic N) is 3. The van der Waals surface area contributed by atoms with Crippen LogP contribution in [0, 0.1) is 12.3 Å². The van der Waals surface area contributed by atoms with Crippen molar-refractivity contribution in [2.24, 2.45) is 5.41 Å². The molecular weight excluding hydrogens is 254 g/mol. The third kappa shape index (κ3) is 3.98. The Balaban J connectivity index is 1.96. The van der Waals surface area contributed by atoms with Gasteiger partial charge in [0.15, 0.2) is 0 Å². The molecule has 5 heteroatoms. The summed E-state index contributed by atoms with van der Waals surface area (Å²) in [6.07, 6.45) is 6.76. The van der Waals surface area contributed by atoms with E-state index < -0.39 is 0 Å². The molecule has 0 unspecified atom stereocenters. The molecule has 1 atom stereocenters. The normalized spacial score (nSPS) is 23.9. The molecule has 1 aromatic rings. The molecular formula is C15H25N3O2. The molecule has 0 aromatic carbocycles. The Morgan fingerprint density at radius 1 is 1.40 bits per heavy atom. The molecule has 0 aliphatic carbocycles. The fourth-order valence-electron chi connectivity index (χ4n) is 2.91. The van der Waals surface area contributed by atoms with Gasteiger partial charge in [0.1, 0.15) is 0 Å². The van der Waals surface area contributed by atoms with Crippen LogP contribution < -0.4 is 0 Å². The van der Waals surface area contributed by atoms with E-state index in [1.54, 1.807) is 7.11 Å². The second-order valence-corrected chi connectivity index (χ2v) is 5.86. The highest BCUT2D eigenvalue weighted by Gasteiger charge is 2.34. The zero-order valence-electron chi connectivity index (χ0n) is 12.5. The van der Waals surface area contributed by atoms with E-state index in [0.717, 1.165) is 50.3 Å². The van der Waals surface area contributed by atoms with Gasteiger partial charge in [0.25, 0.3) is 0 Å². The molecule has 0 spiro atoms. The minimum atomic E-state index is -0.0214. The second kappa shape index (κ2) is 7.11. The van der Waals surface area contributed by atoms with Crippen molar-refractivity contribution in [3.05, 3.63) is 23.8 Å². The summed E-state index contributed by atoms with van der Waals surface area (Å²) in [4.78, 5) is 11.1. The van der Waals surface area contributed by atoms with Crippen molar-refractivity contribution in [3.63, 3.8) is 0 Å². The quantitative estimate of drug-likeness (QED) is 0.853. The van der Waals surface area contributed by atoms with Crippen LogP contribution in [-0.4, -0.2) is 53.4 Å². The van der Waals surface area contributed by atoms with Crippen molar-refractivity contribution in [1.29, 1.82) is 0 Å². The van der Waals surface area contributed by atoms with Crippen molar-refractivity contribution in [2.45, 2.75) is 32.7 Å². The molecule has 112 valence electrons. The summed E-state index contributed by atoms with van der Waals surface area (Å²) in [7, 11) is 1.72. The predicted molar refractivity (Wildman–Crippen MR) is 77.3 cm³/mol. The number of ether oxygens (including phenoxy) is 1. The summed E-state index contributed by atoms with van der Waals surface area (Å²) in [6, 6.07) is 0. The van der Waals surface area contributed by atoms with Crippen LogP contribution in [0.5, 0.6) is 0 Å². The van der Waals surface area contributed by atoms with Gasteiger partial charge in [0, 0.05) is 44.6 Å². The first-order valence-electron chi connectivity index (χ1n) is 7.27. The van der Waals surface area contributed by atoms with Crippen LogP contribution in [0.25, 0.3) is 0 Å². The third-order valence-electron chi connectivity index (χ3n) is 4.13. The van der Waals surface area contributed by atoms with Gasteiger partial charge in [-0.1, -0.05) is 0 Å². The number of aromatic nitrogens is 2. The zero-order chi connectivity index (χ0) is 14.4. The lowest BCUT2D eigenvalue weighted by molar-refractivity contribution is 0.00434. The fraction of sp³-hybridized carbons (Fsp3) is 0.733.